The van der Waals surface area contributed by atoms with Crippen molar-refractivity contribution >= 4 is 11.8 Å². The molecule has 20 atom stereocenters. The van der Waals surface area contributed by atoms with Gasteiger partial charge in [-0.05, 0) is 6.92 Å². The van der Waals surface area contributed by atoms with E-state index in [9.17, 15) is 65.8 Å². The summed E-state index contributed by atoms with van der Waals surface area (Å²) in [6, 6.07) is -3.01. The molecule has 22 nitrogen and oxygen atoms in total. The summed E-state index contributed by atoms with van der Waals surface area (Å²) in [4.78, 5) is 24.0. The summed E-state index contributed by atoms with van der Waals surface area (Å²) >= 11 is 0. The van der Waals surface area contributed by atoms with Crippen LogP contribution in [0.25, 0.3) is 0 Å². The molecule has 4 rings (SSSR count). The number of ether oxygens (including phenoxy) is 7. The Kier molecular flexibility index (Phi) is 14.2. The minimum absolute atomic E-state index is 0.661. The quantitative estimate of drug-likeness (QED) is 0.0938. The van der Waals surface area contributed by atoms with Crippen LogP contribution >= 0.6 is 0 Å². The molecule has 290 valence electrons. The van der Waals surface area contributed by atoms with Crippen LogP contribution in [0.5, 0.6) is 0 Å². The Morgan fingerprint density at radius 1 is 0.520 bits per heavy atom. The van der Waals surface area contributed by atoms with Gasteiger partial charge in [-0.3, -0.25) is 9.59 Å². The highest BCUT2D eigenvalue weighted by molar-refractivity contribution is 5.73. The molecule has 4 aliphatic rings. The molecule has 0 saturated carbocycles. The first-order valence-corrected chi connectivity index (χ1v) is 15.9. The number of hydrogen-bond donors (Lipinski definition) is 13. The van der Waals surface area contributed by atoms with E-state index in [1.54, 1.807) is 0 Å². The van der Waals surface area contributed by atoms with Crippen LogP contribution in [0, 0.1) is 0 Å². The number of nitrogens with one attached hydrogen (secondary N) is 2. The minimum Gasteiger partial charge on any atom is -0.394 e. The number of hydrogen-bond acceptors (Lipinski definition) is 20. The Bertz CT molecular complexity index is 1130. The Morgan fingerprint density at radius 3 is 1.56 bits per heavy atom. The lowest BCUT2D eigenvalue weighted by Gasteiger charge is -2.50. The van der Waals surface area contributed by atoms with Gasteiger partial charge in [0.25, 0.3) is 0 Å². The zero-order valence-electron chi connectivity index (χ0n) is 27.3. The third kappa shape index (κ3) is 8.70. The summed E-state index contributed by atoms with van der Waals surface area (Å²) in [6.45, 7) is 0.977. The van der Waals surface area contributed by atoms with E-state index in [4.69, 9.17) is 33.2 Å². The highest BCUT2D eigenvalue weighted by atomic mass is 16.8. The summed E-state index contributed by atoms with van der Waals surface area (Å²) in [5, 5.41) is 120. The van der Waals surface area contributed by atoms with Crippen molar-refractivity contribution in [2.24, 2.45) is 0 Å². The van der Waals surface area contributed by atoms with Gasteiger partial charge in [-0.15, -0.1) is 0 Å². The standard InChI is InChI=1S/C28H48N2O20/c1-7-15(36)19(40)20(41)27(44-7)49-23-14(30-9(3)35)26(46-10(4-31)16(23)37)50-24-17(38)11(5-32)47-28(21(24)42)48-22-12(6-33)45-25(43)13(18(22)39)29-8(2)34/h7,10-28,31-33,36-43H,4-6H2,1-3H3,(H,29,34)(H,30,35)/t7-,10-,11-,12-,13-,14-,15+,16-,17+,18-,19+,20-,21-,22-,23-,24+,25-,26+,27-,28+/m1/s1. The van der Waals surface area contributed by atoms with E-state index in [1.807, 2.05) is 0 Å². The van der Waals surface area contributed by atoms with Gasteiger partial charge in [0, 0.05) is 13.8 Å². The van der Waals surface area contributed by atoms with E-state index in [2.05, 4.69) is 10.6 Å². The van der Waals surface area contributed by atoms with Crippen molar-refractivity contribution in [3.8, 4) is 0 Å². The fraction of sp³-hybridized carbons (Fsp3) is 0.929. The molecule has 4 saturated heterocycles. The maximum absolute atomic E-state index is 12.3. The smallest absolute Gasteiger partial charge is 0.217 e. The fourth-order valence-electron chi connectivity index (χ4n) is 6.29. The maximum atomic E-state index is 12.3. The highest BCUT2D eigenvalue weighted by Gasteiger charge is 2.55. The molecule has 4 heterocycles. The lowest BCUT2D eigenvalue weighted by Crippen LogP contribution is -2.70. The van der Waals surface area contributed by atoms with E-state index in [-0.39, 0.29) is 0 Å². The normalized spacial score (nSPS) is 48.5. The Balaban J connectivity index is 1.61. The predicted octanol–water partition coefficient (Wildman–Crippen LogP) is -8.43. The molecule has 0 spiro atoms. The number of carbonyl (C=O) groups is 2. The summed E-state index contributed by atoms with van der Waals surface area (Å²) in [6.07, 6.45) is -30.3. The van der Waals surface area contributed by atoms with Crippen molar-refractivity contribution in [2.75, 3.05) is 19.8 Å². The first kappa shape index (κ1) is 41.0. The molecule has 0 unspecified atom stereocenters. The van der Waals surface area contributed by atoms with Gasteiger partial charge < -0.3 is 100.0 Å². The maximum Gasteiger partial charge on any atom is 0.217 e. The Morgan fingerprint density at radius 2 is 1.00 bits per heavy atom. The van der Waals surface area contributed by atoms with Crippen molar-refractivity contribution in [1.29, 1.82) is 0 Å². The van der Waals surface area contributed by atoms with E-state index < -0.39 is 154 Å². The number of amides is 2. The number of aliphatic hydroxyl groups is 11. The average molecular weight is 733 g/mol. The molecule has 0 radical (unpaired) electrons. The minimum atomic E-state index is -2.02. The van der Waals surface area contributed by atoms with Gasteiger partial charge in [0.15, 0.2) is 25.2 Å². The predicted molar refractivity (Wildman–Crippen MR) is 156 cm³/mol. The van der Waals surface area contributed by atoms with Crippen LogP contribution in [-0.4, -0.2) is 211 Å². The second kappa shape index (κ2) is 17.4. The molecule has 0 aliphatic carbocycles. The molecule has 0 aromatic heterocycles. The van der Waals surface area contributed by atoms with Gasteiger partial charge in [0.1, 0.15) is 91.4 Å². The average Bonchev–Trinajstić information content (AvgIpc) is 3.06. The molecule has 0 aromatic rings. The van der Waals surface area contributed by atoms with Gasteiger partial charge >= 0.3 is 0 Å². The largest absolute Gasteiger partial charge is 0.394 e. The first-order valence-electron chi connectivity index (χ1n) is 15.9. The molecule has 22 heteroatoms. The van der Waals surface area contributed by atoms with Crippen LogP contribution in [0.2, 0.25) is 0 Å². The lowest BCUT2D eigenvalue weighted by molar-refractivity contribution is -0.375. The van der Waals surface area contributed by atoms with Crippen LogP contribution < -0.4 is 10.6 Å². The summed E-state index contributed by atoms with van der Waals surface area (Å²) in [5.41, 5.74) is 0. The van der Waals surface area contributed by atoms with Gasteiger partial charge in [-0.25, -0.2) is 0 Å². The van der Waals surface area contributed by atoms with E-state index >= 15 is 0 Å². The molecule has 4 aliphatic heterocycles. The van der Waals surface area contributed by atoms with E-state index in [0.29, 0.717) is 0 Å². The molecule has 50 heavy (non-hydrogen) atoms. The van der Waals surface area contributed by atoms with Crippen molar-refractivity contribution in [3.63, 3.8) is 0 Å². The van der Waals surface area contributed by atoms with Crippen molar-refractivity contribution in [1.82, 2.24) is 10.6 Å². The zero-order valence-corrected chi connectivity index (χ0v) is 27.3. The number of carbonyl (C=O) groups excluding carboxylic acids is 2. The zero-order chi connectivity index (χ0) is 37.2. The van der Waals surface area contributed by atoms with Crippen LogP contribution in [0.15, 0.2) is 0 Å². The summed E-state index contributed by atoms with van der Waals surface area (Å²) < 4.78 is 39.5. The third-order valence-corrected chi connectivity index (χ3v) is 8.97. The van der Waals surface area contributed by atoms with Gasteiger partial charge in [-0.2, -0.15) is 0 Å². The second-order valence-corrected chi connectivity index (χ2v) is 12.6. The molecule has 4 fully saturated rings. The van der Waals surface area contributed by atoms with Crippen LogP contribution in [0.4, 0.5) is 0 Å². The van der Waals surface area contributed by atoms with Crippen LogP contribution in [0.3, 0.4) is 0 Å². The van der Waals surface area contributed by atoms with E-state index in [0.717, 1.165) is 13.8 Å². The number of aliphatic hydroxyl groups excluding tert-OH is 11. The monoisotopic (exact) mass is 732 g/mol. The van der Waals surface area contributed by atoms with Gasteiger partial charge in [-0.1, -0.05) is 0 Å². The van der Waals surface area contributed by atoms with Crippen LogP contribution in [-0.2, 0) is 42.7 Å². The first-order chi connectivity index (χ1) is 23.5. The van der Waals surface area contributed by atoms with Crippen LogP contribution in [0.1, 0.15) is 20.8 Å². The molecular formula is C28H48N2O20. The SMILES string of the molecule is CC(=O)N[C@@H]1[C@@H](O)[C@H](O[C@@H]2O[C@H](CO)[C@H](O)[C@H](O[C@@H]3O[C@H](CO)[C@@H](O)[C@H](O[C@H]4O[C@H](C)[C@H](O)[C@H](O)[C@H]4O)[C@H]3NC(C)=O)[C@H]2O)[C@@H](CO)O[C@H]1O. The third-order valence-electron chi connectivity index (χ3n) is 8.97. The van der Waals surface area contributed by atoms with Gasteiger partial charge in [0.2, 0.25) is 11.8 Å². The Labute approximate surface area is 285 Å². The molecule has 13 N–H and O–H groups in total. The highest BCUT2D eigenvalue weighted by Crippen LogP contribution is 2.34. The summed E-state index contributed by atoms with van der Waals surface area (Å²) in [7, 11) is 0. The molecule has 0 aromatic carbocycles. The molecule has 2 amide bonds. The molecule has 0 bridgehead atoms. The topological polar surface area (TPSA) is 345 Å². The second-order valence-electron chi connectivity index (χ2n) is 12.6. The fourth-order valence-corrected chi connectivity index (χ4v) is 6.29. The van der Waals surface area contributed by atoms with Crippen molar-refractivity contribution < 1.29 is 98.9 Å². The van der Waals surface area contributed by atoms with Gasteiger partial charge in [0.05, 0.1) is 25.9 Å². The lowest BCUT2D eigenvalue weighted by atomic mass is 9.94. The van der Waals surface area contributed by atoms with Crippen molar-refractivity contribution in [3.05, 3.63) is 0 Å². The Hall–Kier alpha value is -1.78. The van der Waals surface area contributed by atoms with Crippen molar-refractivity contribution in [2.45, 2.75) is 143 Å². The summed E-state index contributed by atoms with van der Waals surface area (Å²) in [5.74, 6) is -1.39. The molecular weight excluding hydrogens is 684 g/mol. The number of rotatable bonds is 11. The van der Waals surface area contributed by atoms with E-state index in [1.165, 1.54) is 6.92 Å².